The van der Waals surface area contributed by atoms with Crippen LogP contribution in [0, 0.1) is 0 Å². The zero-order chi connectivity index (χ0) is 95.1. The van der Waals surface area contributed by atoms with E-state index in [4.69, 9.17) is 0 Å². The topological polar surface area (TPSA) is 26.2 Å². The first-order valence-corrected chi connectivity index (χ1v) is 47.3. The van der Waals surface area contributed by atoms with Gasteiger partial charge in [-0.05, 0) is 250 Å². The normalized spacial score (nSPS) is 13.7. The molecule has 0 aliphatic carbocycles. The third-order valence-corrected chi connectivity index (χ3v) is 28.8. The monoisotopic (exact) mass is 1720 g/mol. The standard InChI is InChI=1S/C126H113BN6/c1-121(2,3)82-51-60-109-99(65-82)100-66-83(122(4,5)6)52-61-110(100)130(109)90-56-59-105-115(75-90)133(120-97(80-41-27-21-28-42-80)71-87(126(16,17)18)72-98(120)81-43-29-22-30-44-81)117-77-91(131-111-62-53-84(123(7,8)9)67-101(111)102-68-85(124(10,11)12)54-63-112(102)131)76-116-118(117)127(105)104-58-55-89(74-114(104)132(116)119-95(78-37-23-19-24-38-78)69-86(125(13,14)15)70-96(119)79-39-25-20-26-40-79)129-108-50-36-33-47-94(108)103-73-88(57-64-113(103)129)128-106-48-34-31-45-92(106)93-46-32-35-49-107(93)128/h19-77H,1-18H3/i33D,36D,47D,50D. The summed E-state index contributed by atoms with van der Waals surface area (Å²) in [7, 11) is 0. The molecule has 17 aromatic carbocycles. The number of anilines is 6. The lowest BCUT2D eigenvalue weighted by molar-refractivity contribution is 0.590. The van der Waals surface area contributed by atoms with Gasteiger partial charge in [0.2, 0.25) is 0 Å². The number of nitrogens with zero attached hydrogens (tertiary/aromatic N) is 6. The van der Waals surface area contributed by atoms with Crippen LogP contribution in [0.25, 0.3) is 154 Å². The Hall–Kier alpha value is -14.4. The van der Waals surface area contributed by atoms with Crippen molar-refractivity contribution in [3.63, 3.8) is 0 Å². The maximum Gasteiger partial charge on any atom is 0.252 e. The van der Waals surface area contributed by atoms with Crippen LogP contribution in [-0.2, 0) is 32.5 Å². The fraction of sp³-hybridized carbons (Fsp3) is 0.190. The van der Waals surface area contributed by atoms with Crippen molar-refractivity contribution in [2.45, 2.75) is 157 Å². The van der Waals surface area contributed by atoms with Crippen LogP contribution in [0.15, 0.2) is 358 Å². The summed E-state index contributed by atoms with van der Waals surface area (Å²) in [6, 6.07) is 125. The molecule has 2 aliphatic heterocycles. The molecule has 133 heavy (non-hydrogen) atoms. The van der Waals surface area contributed by atoms with Crippen LogP contribution in [0.2, 0.25) is 0 Å². The number of fused-ring (bicyclic) bond motifs is 16. The fourth-order valence-electron chi connectivity index (χ4n) is 21.6. The van der Waals surface area contributed by atoms with Gasteiger partial charge in [-0.25, -0.2) is 0 Å². The average molecular weight is 1730 g/mol. The molecule has 650 valence electrons. The van der Waals surface area contributed by atoms with E-state index in [0.29, 0.717) is 16.3 Å². The molecule has 0 unspecified atom stereocenters. The summed E-state index contributed by atoms with van der Waals surface area (Å²) in [5.41, 5.74) is 35.1. The molecular formula is C126H113BN6. The number of benzene rings is 17. The zero-order valence-electron chi connectivity index (χ0n) is 83.5. The molecule has 6 heterocycles. The Balaban J connectivity index is 0.929. The number of para-hydroxylation sites is 3. The Kier molecular flexibility index (Phi) is 17.7. The second-order valence-corrected chi connectivity index (χ2v) is 43.5. The van der Waals surface area contributed by atoms with Gasteiger partial charge >= 0.3 is 0 Å². The summed E-state index contributed by atoms with van der Waals surface area (Å²) in [4.78, 5) is 5.37. The molecule has 7 heteroatoms. The highest BCUT2D eigenvalue weighted by atomic mass is 15.2. The Labute approximate surface area is 788 Å². The van der Waals surface area contributed by atoms with Crippen LogP contribution >= 0.6 is 0 Å². The van der Waals surface area contributed by atoms with Crippen LogP contribution in [0.1, 0.15) is 163 Å². The lowest BCUT2D eigenvalue weighted by Crippen LogP contribution is -2.61. The summed E-state index contributed by atoms with van der Waals surface area (Å²) in [6.45, 7) is 41.4. The highest BCUT2D eigenvalue weighted by Gasteiger charge is 2.47. The van der Waals surface area contributed by atoms with Crippen LogP contribution in [0.4, 0.5) is 34.1 Å². The predicted molar refractivity (Wildman–Crippen MR) is 572 cm³/mol. The highest BCUT2D eigenvalue weighted by molar-refractivity contribution is 7.00. The van der Waals surface area contributed by atoms with Crippen LogP contribution in [0.5, 0.6) is 0 Å². The van der Waals surface area contributed by atoms with E-state index in [0.717, 1.165) is 167 Å². The molecule has 0 fully saturated rings. The van der Waals surface area contributed by atoms with Gasteiger partial charge in [-0.3, -0.25) is 0 Å². The van der Waals surface area contributed by atoms with Crippen molar-refractivity contribution in [3.05, 3.63) is 391 Å². The van der Waals surface area contributed by atoms with Crippen molar-refractivity contribution < 1.29 is 5.48 Å². The maximum absolute atomic E-state index is 10.5. The quantitative estimate of drug-likeness (QED) is 0.128. The fourth-order valence-corrected chi connectivity index (χ4v) is 21.6. The molecule has 6 nitrogen and oxygen atoms in total. The molecule has 0 saturated heterocycles. The van der Waals surface area contributed by atoms with Gasteiger partial charge in [-0.2, -0.15) is 0 Å². The summed E-state index contributed by atoms with van der Waals surface area (Å²) >= 11 is 0. The van der Waals surface area contributed by atoms with Crippen molar-refractivity contribution in [3.8, 4) is 67.3 Å². The lowest BCUT2D eigenvalue weighted by atomic mass is 9.33. The molecule has 2 aliphatic rings. The van der Waals surface area contributed by atoms with Gasteiger partial charge in [0.25, 0.3) is 6.71 Å². The molecule has 4 aromatic heterocycles. The molecule has 0 amide bonds. The van der Waals surface area contributed by atoms with E-state index in [1.54, 1.807) is 0 Å². The maximum atomic E-state index is 10.5. The molecule has 0 atom stereocenters. The van der Waals surface area contributed by atoms with Gasteiger partial charge in [-0.1, -0.05) is 337 Å². The van der Waals surface area contributed by atoms with Crippen LogP contribution < -0.4 is 26.2 Å². The lowest BCUT2D eigenvalue weighted by Gasteiger charge is -2.46. The molecule has 0 spiro atoms. The van der Waals surface area contributed by atoms with E-state index in [1.165, 1.54) is 54.9 Å². The molecular weight excluding hydrogens is 1610 g/mol. The predicted octanol–water partition coefficient (Wildman–Crippen LogP) is 32.6. The van der Waals surface area contributed by atoms with Crippen molar-refractivity contribution in [2.24, 2.45) is 0 Å². The van der Waals surface area contributed by atoms with Crippen molar-refractivity contribution in [1.29, 1.82) is 0 Å². The first kappa shape index (κ1) is 78.4. The third kappa shape index (κ3) is 13.5. The van der Waals surface area contributed by atoms with Gasteiger partial charge in [0.05, 0.1) is 66.7 Å². The first-order valence-electron chi connectivity index (χ1n) is 49.3. The van der Waals surface area contributed by atoms with Gasteiger partial charge in [0.1, 0.15) is 0 Å². The second-order valence-electron chi connectivity index (χ2n) is 43.5. The smallest absolute Gasteiger partial charge is 0.252 e. The summed E-state index contributed by atoms with van der Waals surface area (Å²) in [5.74, 6) is 0. The molecule has 21 aromatic rings. The van der Waals surface area contributed by atoms with Crippen molar-refractivity contribution >= 4 is 144 Å². The largest absolute Gasteiger partial charge is 0.310 e. The Bertz CT molecular complexity index is 8310. The van der Waals surface area contributed by atoms with Gasteiger partial charge in [0, 0.05) is 105 Å². The third-order valence-electron chi connectivity index (χ3n) is 28.8. The van der Waals surface area contributed by atoms with Gasteiger partial charge < -0.3 is 28.1 Å². The Morgan fingerprint density at radius 1 is 0.211 bits per heavy atom. The van der Waals surface area contributed by atoms with Crippen LogP contribution in [-0.4, -0.2) is 25.0 Å². The van der Waals surface area contributed by atoms with E-state index in [2.05, 4.69) is 486 Å². The number of hydrogen-bond donors (Lipinski definition) is 0. The summed E-state index contributed by atoms with van der Waals surface area (Å²) < 4.78 is 49.7. The van der Waals surface area contributed by atoms with E-state index < -0.39 is 6.71 Å². The summed E-state index contributed by atoms with van der Waals surface area (Å²) in [6.07, 6.45) is 0. The molecule has 0 N–H and O–H groups in total. The minimum Gasteiger partial charge on any atom is -0.310 e. The van der Waals surface area contributed by atoms with E-state index >= 15 is 0 Å². The first-order chi connectivity index (χ1) is 65.4. The molecule has 0 radical (unpaired) electrons. The number of aromatic nitrogens is 4. The van der Waals surface area contributed by atoms with E-state index in [1.807, 2.05) is 0 Å². The second kappa shape index (κ2) is 30.1. The van der Waals surface area contributed by atoms with E-state index in [9.17, 15) is 5.48 Å². The molecule has 23 rings (SSSR count). The van der Waals surface area contributed by atoms with Gasteiger partial charge in [0.15, 0.2) is 0 Å². The number of hydrogen-bond acceptors (Lipinski definition) is 2. The highest BCUT2D eigenvalue weighted by Crippen LogP contribution is 2.57. The van der Waals surface area contributed by atoms with E-state index in [-0.39, 0.29) is 56.7 Å². The Morgan fingerprint density at radius 3 is 0.827 bits per heavy atom. The van der Waals surface area contributed by atoms with Crippen molar-refractivity contribution in [1.82, 2.24) is 18.3 Å². The Morgan fingerprint density at radius 2 is 0.481 bits per heavy atom. The average Bonchev–Trinajstić information content (AvgIpc) is 1.62. The zero-order valence-corrected chi connectivity index (χ0v) is 79.5. The SMILES string of the molecule is [2H]c1c([2H])c([2H])c2c(c1[2H])c1cc(-n3c4ccccc4c4ccccc43)ccc1n2-c1ccc2c(c1)N(c1c(-c3ccccc3)cc(C(C)(C)C)cc1-c1ccccc1)c1cc(-n3c4ccc(C(C)(C)C)cc4c4cc(C(C)(C)C)ccc43)cc3c1B2c1ccc(-n2c4ccc(C(C)(C)C)cc4c4cc(C(C)(C)C)ccc42)cc1N3c1c(-c2ccccc2)cc(C(C)(C)C)cc1-c1ccccc1. The molecule has 0 bridgehead atoms. The minimum absolute atomic E-state index is 0.0993. The number of rotatable bonds is 10. The molecule has 0 saturated carbocycles. The van der Waals surface area contributed by atoms with Crippen LogP contribution in [0.3, 0.4) is 0 Å². The summed E-state index contributed by atoms with van der Waals surface area (Å²) in [5, 5.41) is 8.15. The van der Waals surface area contributed by atoms with Crippen molar-refractivity contribution in [2.75, 3.05) is 9.80 Å². The minimum atomic E-state index is -0.494. The van der Waals surface area contributed by atoms with Gasteiger partial charge in [-0.15, -0.1) is 0 Å².